The third-order valence-corrected chi connectivity index (χ3v) is 5.99. The van der Waals surface area contributed by atoms with E-state index >= 15 is 0 Å². The Kier molecular flexibility index (Phi) is 4.74. The predicted molar refractivity (Wildman–Crippen MR) is 107 cm³/mol. The molecule has 2 heterocycles. The summed E-state index contributed by atoms with van der Waals surface area (Å²) in [5.41, 5.74) is 5.01. The summed E-state index contributed by atoms with van der Waals surface area (Å²) in [6.07, 6.45) is 5.54. The Morgan fingerprint density at radius 3 is 2.50 bits per heavy atom. The van der Waals surface area contributed by atoms with E-state index < -0.39 is 0 Å². The molecule has 142 valence electrons. The van der Waals surface area contributed by atoms with E-state index in [1.165, 1.54) is 0 Å². The predicted octanol–water partition coefficient (Wildman–Crippen LogP) is 3.61. The Bertz CT molecular complexity index is 981. The molecule has 0 spiro atoms. The molecule has 1 aliphatic heterocycles. The molecule has 0 saturated carbocycles. The van der Waals surface area contributed by atoms with Gasteiger partial charge in [0.25, 0.3) is 0 Å². The van der Waals surface area contributed by atoms with Crippen molar-refractivity contribution >= 4 is 11.5 Å². The lowest BCUT2D eigenvalue weighted by Crippen LogP contribution is -2.43. The maximum Gasteiger partial charge on any atom is 0.179 e. The number of nitriles is 1. The number of nitrogens with zero attached hydrogens (tertiary/aromatic N) is 3. The molecule has 2 aliphatic rings. The molecule has 2 aromatic rings. The highest BCUT2D eigenvalue weighted by Gasteiger charge is 2.35. The molecule has 0 unspecified atom stereocenters. The second-order valence-electron chi connectivity index (χ2n) is 7.68. The molecule has 28 heavy (non-hydrogen) atoms. The fourth-order valence-electron chi connectivity index (χ4n) is 4.05. The number of carbonyl (C=O) groups is 1. The van der Waals surface area contributed by atoms with Crippen molar-refractivity contribution in [3.05, 3.63) is 59.4 Å². The number of piperidine rings is 1. The average Bonchev–Trinajstić information content (AvgIpc) is 2.74. The van der Waals surface area contributed by atoms with Gasteiger partial charge < -0.3 is 9.64 Å². The van der Waals surface area contributed by atoms with Crippen LogP contribution in [0.1, 0.15) is 30.9 Å². The minimum atomic E-state index is -0.149. The molecule has 0 N–H and O–H groups in total. The van der Waals surface area contributed by atoms with Gasteiger partial charge in [-0.25, -0.2) is 0 Å². The van der Waals surface area contributed by atoms with Crippen molar-refractivity contribution in [2.45, 2.75) is 31.8 Å². The van der Waals surface area contributed by atoms with Gasteiger partial charge in [-0.2, -0.15) is 5.26 Å². The first-order chi connectivity index (χ1) is 13.5. The Balaban J connectivity index is 1.78. The third-order valence-electron chi connectivity index (χ3n) is 5.99. The summed E-state index contributed by atoms with van der Waals surface area (Å²) in [6.45, 7) is 3.64. The number of benzene rings is 1. The van der Waals surface area contributed by atoms with Crippen LogP contribution in [0.3, 0.4) is 0 Å². The number of allylic oxidation sites excluding steroid dienone is 1. The van der Waals surface area contributed by atoms with E-state index in [-0.39, 0.29) is 23.4 Å². The lowest BCUT2D eigenvalue weighted by molar-refractivity contribution is -0.114. The van der Waals surface area contributed by atoms with Crippen LogP contribution in [-0.2, 0) is 16.0 Å². The van der Waals surface area contributed by atoms with Crippen LogP contribution in [0, 0.1) is 11.3 Å². The van der Waals surface area contributed by atoms with Crippen molar-refractivity contribution in [1.82, 2.24) is 9.88 Å². The van der Waals surface area contributed by atoms with E-state index in [0.717, 1.165) is 53.9 Å². The van der Waals surface area contributed by atoms with Gasteiger partial charge in [0.15, 0.2) is 5.78 Å². The lowest BCUT2D eigenvalue weighted by atomic mass is 9.84. The summed E-state index contributed by atoms with van der Waals surface area (Å²) in [5.74, 6) is -0.0956. The summed E-state index contributed by atoms with van der Waals surface area (Å²) in [5, 5.41) is 9.73. The van der Waals surface area contributed by atoms with E-state index in [1.807, 2.05) is 24.3 Å². The van der Waals surface area contributed by atoms with Crippen LogP contribution in [0.5, 0.6) is 0 Å². The summed E-state index contributed by atoms with van der Waals surface area (Å²) < 4.78 is 5.65. The maximum atomic E-state index is 12.6. The van der Waals surface area contributed by atoms with Crippen molar-refractivity contribution in [3.8, 4) is 17.2 Å². The number of ether oxygens (including phenoxy) is 1. The summed E-state index contributed by atoms with van der Waals surface area (Å²) in [7, 11) is 1.75. The van der Waals surface area contributed by atoms with E-state index in [0.29, 0.717) is 0 Å². The zero-order chi connectivity index (χ0) is 19.7. The number of likely N-dealkylation sites (tertiary alicyclic amines) is 1. The first-order valence-electron chi connectivity index (χ1n) is 9.56. The number of ketones is 1. The van der Waals surface area contributed by atoms with Gasteiger partial charge >= 0.3 is 0 Å². The fourth-order valence-corrected chi connectivity index (χ4v) is 4.05. The highest BCUT2D eigenvalue weighted by Crippen LogP contribution is 2.38. The highest BCUT2D eigenvalue weighted by atomic mass is 16.5. The van der Waals surface area contributed by atoms with Crippen molar-refractivity contribution in [3.63, 3.8) is 0 Å². The minimum Gasteiger partial charge on any atom is -0.378 e. The Hall–Kier alpha value is -2.97. The molecular formula is C23H23N3O2. The van der Waals surface area contributed by atoms with Gasteiger partial charge in [-0.15, -0.1) is 0 Å². The Labute approximate surface area is 165 Å². The van der Waals surface area contributed by atoms with Gasteiger partial charge in [0, 0.05) is 44.6 Å². The van der Waals surface area contributed by atoms with Crippen LogP contribution in [0.4, 0.5) is 0 Å². The highest BCUT2D eigenvalue weighted by molar-refractivity contribution is 6.10. The van der Waals surface area contributed by atoms with Crippen molar-refractivity contribution < 1.29 is 9.53 Å². The molecule has 0 radical (unpaired) electrons. The van der Waals surface area contributed by atoms with Crippen LogP contribution in [0.15, 0.2) is 48.3 Å². The van der Waals surface area contributed by atoms with Crippen LogP contribution < -0.4 is 0 Å². The molecular weight excluding hydrogens is 350 g/mol. The molecule has 1 aromatic carbocycles. The molecule has 0 atom stereocenters. The monoisotopic (exact) mass is 373 g/mol. The molecule has 0 bridgehead atoms. The van der Waals surface area contributed by atoms with E-state index in [4.69, 9.17) is 4.74 Å². The SMILES string of the molecule is COC1(C)CCN(C2=C(C#N)C(=O)Cc3ccc(-c4ccncc4)cc32)CC1. The van der Waals surface area contributed by atoms with Crippen LogP contribution in [0.25, 0.3) is 16.8 Å². The van der Waals surface area contributed by atoms with E-state index in [2.05, 4.69) is 28.9 Å². The topological polar surface area (TPSA) is 66.2 Å². The molecule has 5 nitrogen and oxygen atoms in total. The number of Topliss-reactive ketones (excluding diaryl/α,β-unsaturated/α-hetero) is 1. The Morgan fingerprint density at radius 2 is 1.86 bits per heavy atom. The quantitative estimate of drug-likeness (QED) is 0.822. The smallest absolute Gasteiger partial charge is 0.179 e. The molecule has 1 aliphatic carbocycles. The van der Waals surface area contributed by atoms with Gasteiger partial charge in [0.05, 0.1) is 11.3 Å². The van der Waals surface area contributed by atoms with Crippen LogP contribution in [-0.4, -0.2) is 41.5 Å². The number of aromatic nitrogens is 1. The summed E-state index contributed by atoms with van der Waals surface area (Å²) in [4.78, 5) is 18.9. The van der Waals surface area contributed by atoms with E-state index in [1.54, 1.807) is 19.5 Å². The largest absolute Gasteiger partial charge is 0.378 e. The zero-order valence-electron chi connectivity index (χ0n) is 16.2. The number of carbonyl (C=O) groups excluding carboxylic acids is 1. The second kappa shape index (κ2) is 7.21. The second-order valence-corrected chi connectivity index (χ2v) is 7.68. The first kappa shape index (κ1) is 18.4. The maximum absolute atomic E-state index is 12.6. The lowest BCUT2D eigenvalue weighted by Gasteiger charge is -2.41. The van der Waals surface area contributed by atoms with Gasteiger partial charge in [0.1, 0.15) is 11.6 Å². The van der Waals surface area contributed by atoms with Gasteiger partial charge in [-0.1, -0.05) is 12.1 Å². The normalized spacial score (nSPS) is 18.6. The summed E-state index contributed by atoms with van der Waals surface area (Å²) >= 11 is 0. The molecule has 5 heteroatoms. The molecule has 0 amide bonds. The number of hydrogen-bond donors (Lipinski definition) is 0. The van der Waals surface area contributed by atoms with Gasteiger partial charge in [0.2, 0.25) is 0 Å². The average molecular weight is 373 g/mol. The first-order valence-corrected chi connectivity index (χ1v) is 9.56. The van der Waals surface area contributed by atoms with Crippen molar-refractivity contribution in [1.29, 1.82) is 5.26 Å². The van der Waals surface area contributed by atoms with Crippen molar-refractivity contribution in [2.24, 2.45) is 0 Å². The zero-order valence-corrected chi connectivity index (χ0v) is 16.2. The fraction of sp³-hybridized carbons (Fsp3) is 0.348. The Morgan fingerprint density at radius 1 is 1.14 bits per heavy atom. The molecule has 1 saturated heterocycles. The molecule has 1 fully saturated rings. The van der Waals surface area contributed by atoms with Crippen molar-refractivity contribution in [2.75, 3.05) is 20.2 Å². The number of methoxy groups -OCH3 is 1. The number of pyridine rings is 1. The molecule has 4 rings (SSSR count). The number of fused-ring (bicyclic) bond motifs is 1. The molecule has 1 aromatic heterocycles. The van der Waals surface area contributed by atoms with Crippen LogP contribution in [0.2, 0.25) is 0 Å². The third kappa shape index (κ3) is 3.21. The van der Waals surface area contributed by atoms with Crippen LogP contribution >= 0.6 is 0 Å². The summed E-state index contributed by atoms with van der Waals surface area (Å²) in [6, 6.07) is 12.3. The minimum absolute atomic E-state index is 0.0956. The number of hydrogen-bond acceptors (Lipinski definition) is 5. The van der Waals surface area contributed by atoms with E-state index in [9.17, 15) is 10.1 Å². The van der Waals surface area contributed by atoms with Gasteiger partial charge in [-0.3, -0.25) is 9.78 Å². The number of rotatable bonds is 3. The van der Waals surface area contributed by atoms with Gasteiger partial charge in [-0.05, 0) is 54.7 Å². The standard InChI is InChI=1S/C23H23N3O2/c1-23(28-2)7-11-26(12-8-23)22-19-13-17(16-5-9-25-10-6-16)3-4-18(19)14-21(27)20(22)15-24/h3-6,9-10,13H,7-8,11-12,14H2,1-2H3.